The van der Waals surface area contributed by atoms with Crippen molar-refractivity contribution in [3.8, 4) is 0 Å². The summed E-state index contributed by atoms with van der Waals surface area (Å²) in [6, 6.07) is 15.0. The number of piperidine rings is 1. The van der Waals surface area contributed by atoms with E-state index in [9.17, 15) is 4.79 Å². The van der Waals surface area contributed by atoms with Crippen LogP contribution in [0, 0.1) is 19.8 Å². The van der Waals surface area contributed by atoms with E-state index in [1.165, 1.54) is 22.3 Å². The minimum atomic E-state index is 0.0533. The molecule has 0 spiro atoms. The van der Waals surface area contributed by atoms with Gasteiger partial charge in [0.25, 0.3) is 0 Å². The highest BCUT2D eigenvalue weighted by Crippen LogP contribution is 2.22. The van der Waals surface area contributed by atoms with Crippen LogP contribution in [0.5, 0.6) is 0 Å². The largest absolute Gasteiger partial charge is 0.349 e. The molecule has 27 heavy (non-hydrogen) atoms. The fraction of sp³-hybridized carbons (Fsp3) is 0.435. The molecule has 0 aromatic heterocycles. The van der Waals surface area contributed by atoms with Crippen LogP contribution in [0.4, 0.5) is 0 Å². The van der Waals surface area contributed by atoms with Crippen LogP contribution >= 0.6 is 15.9 Å². The van der Waals surface area contributed by atoms with E-state index in [1.807, 2.05) is 0 Å². The Kier molecular flexibility index (Phi) is 6.72. The number of nitrogens with zero attached hydrogens (tertiary/aromatic N) is 1. The molecule has 1 saturated heterocycles. The standard InChI is InChI=1S/C23H29BrN2O/c1-16-4-7-21(14-17(16)2)18(3)25-23(27)20-10-12-26(13-11-20)15-19-5-8-22(24)9-6-19/h4-9,14,18,20H,10-13,15H2,1-3H3,(H,25,27)/t18-/m0/s1. The number of hydrogen-bond donors (Lipinski definition) is 1. The third-order valence-corrected chi connectivity index (χ3v) is 6.20. The highest BCUT2D eigenvalue weighted by molar-refractivity contribution is 9.10. The van der Waals surface area contributed by atoms with Crippen molar-refractivity contribution in [2.45, 2.75) is 46.2 Å². The Morgan fingerprint density at radius 1 is 1.11 bits per heavy atom. The second kappa shape index (κ2) is 9.03. The van der Waals surface area contributed by atoms with Gasteiger partial charge in [0.1, 0.15) is 0 Å². The molecule has 1 fully saturated rings. The molecule has 1 aliphatic heterocycles. The summed E-state index contributed by atoms with van der Waals surface area (Å²) in [5.74, 6) is 0.323. The monoisotopic (exact) mass is 428 g/mol. The van der Waals surface area contributed by atoms with Crippen molar-refractivity contribution < 1.29 is 4.79 Å². The van der Waals surface area contributed by atoms with Crippen molar-refractivity contribution in [3.05, 3.63) is 69.2 Å². The van der Waals surface area contributed by atoms with Crippen molar-refractivity contribution in [3.63, 3.8) is 0 Å². The van der Waals surface area contributed by atoms with Gasteiger partial charge in [0.2, 0.25) is 5.91 Å². The van der Waals surface area contributed by atoms with Crippen molar-refractivity contribution in [2.75, 3.05) is 13.1 Å². The first kappa shape index (κ1) is 20.1. The predicted molar refractivity (Wildman–Crippen MR) is 115 cm³/mol. The summed E-state index contributed by atoms with van der Waals surface area (Å²) in [6.45, 7) is 9.22. The molecule has 0 unspecified atom stereocenters. The molecule has 3 rings (SSSR count). The molecule has 4 heteroatoms. The number of hydrogen-bond acceptors (Lipinski definition) is 2. The number of benzene rings is 2. The number of rotatable bonds is 5. The molecule has 2 aromatic carbocycles. The average molecular weight is 429 g/mol. The fourth-order valence-electron chi connectivity index (χ4n) is 3.65. The van der Waals surface area contributed by atoms with Gasteiger partial charge in [0, 0.05) is 16.9 Å². The van der Waals surface area contributed by atoms with Crippen molar-refractivity contribution in [2.24, 2.45) is 5.92 Å². The minimum Gasteiger partial charge on any atom is -0.349 e. The van der Waals surface area contributed by atoms with Crippen LogP contribution in [0.25, 0.3) is 0 Å². The molecular weight excluding hydrogens is 400 g/mol. The van der Waals surface area contributed by atoms with E-state index in [1.54, 1.807) is 0 Å². The van der Waals surface area contributed by atoms with Crippen LogP contribution in [-0.2, 0) is 11.3 Å². The Bertz CT molecular complexity index is 779. The quantitative estimate of drug-likeness (QED) is 0.713. The Morgan fingerprint density at radius 3 is 2.41 bits per heavy atom. The summed E-state index contributed by atoms with van der Waals surface area (Å²) in [6.07, 6.45) is 1.87. The van der Waals surface area contributed by atoms with Gasteiger partial charge >= 0.3 is 0 Å². The van der Waals surface area contributed by atoms with E-state index < -0.39 is 0 Å². The van der Waals surface area contributed by atoms with Gasteiger partial charge in [0.15, 0.2) is 0 Å². The van der Waals surface area contributed by atoms with E-state index in [0.717, 1.165) is 36.9 Å². The molecular formula is C23H29BrN2O. The van der Waals surface area contributed by atoms with Crippen LogP contribution in [-0.4, -0.2) is 23.9 Å². The topological polar surface area (TPSA) is 32.3 Å². The molecule has 144 valence electrons. The number of likely N-dealkylation sites (tertiary alicyclic amines) is 1. The summed E-state index contributed by atoms with van der Waals surface area (Å²) in [5, 5.41) is 3.22. The summed E-state index contributed by atoms with van der Waals surface area (Å²) in [4.78, 5) is 15.1. The highest BCUT2D eigenvalue weighted by Gasteiger charge is 2.26. The van der Waals surface area contributed by atoms with Gasteiger partial charge in [-0.05, 0) is 81.1 Å². The Labute approximate surface area is 171 Å². The molecule has 1 amide bonds. The number of nitrogens with one attached hydrogen (secondary N) is 1. The smallest absolute Gasteiger partial charge is 0.223 e. The third-order valence-electron chi connectivity index (χ3n) is 5.67. The van der Waals surface area contributed by atoms with E-state index in [2.05, 4.69) is 89.4 Å². The number of carbonyl (C=O) groups is 1. The summed E-state index contributed by atoms with van der Waals surface area (Å²) >= 11 is 3.48. The Morgan fingerprint density at radius 2 is 1.78 bits per heavy atom. The number of aryl methyl sites for hydroxylation is 2. The fourth-order valence-corrected chi connectivity index (χ4v) is 3.91. The van der Waals surface area contributed by atoms with E-state index >= 15 is 0 Å². The molecule has 0 saturated carbocycles. The van der Waals surface area contributed by atoms with Crippen LogP contribution in [0.3, 0.4) is 0 Å². The molecule has 2 aromatic rings. The maximum absolute atomic E-state index is 12.7. The Hall–Kier alpha value is -1.65. The van der Waals surface area contributed by atoms with Gasteiger partial charge in [0.05, 0.1) is 6.04 Å². The van der Waals surface area contributed by atoms with Crippen LogP contribution < -0.4 is 5.32 Å². The lowest BCUT2D eigenvalue weighted by Gasteiger charge is -2.32. The molecule has 0 aliphatic carbocycles. The molecule has 3 nitrogen and oxygen atoms in total. The van der Waals surface area contributed by atoms with Gasteiger partial charge in [-0.25, -0.2) is 0 Å². The van der Waals surface area contributed by atoms with Gasteiger partial charge in [-0.15, -0.1) is 0 Å². The number of amides is 1. The predicted octanol–water partition coefficient (Wildman–Crippen LogP) is 5.16. The van der Waals surface area contributed by atoms with Crippen LogP contribution in [0.1, 0.15) is 48.1 Å². The van der Waals surface area contributed by atoms with Gasteiger partial charge in [-0.1, -0.05) is 46.3 Å². The zero-order valence-corrected chi connectivity index (χ0v) is 18.1. The first-order valence-corrected chi connectivity index (χ1v) is 10.6. The van der Waals surface area contributed by atoms with E-state index in [4.69, 9.17) is 0 Å². The normalized spacial score (nSPS) is 16.9. The van der Waals surface area contributed by atoms with E-state index in [-0.39, 0.29) is 17.9 Å². The third kappa shape index (κ3) is 5.43. The molecule has 1 atom stereocenters. The number of carbonyl (C=O) groups excluding carboxylic acids is 1. The van der Waals surface area contributed by atoms with Crippen molar-refractivity contribution in [1.29, 1.82) is 0 Å². The van der Waals surface area contributed by atoms with Crippen LogP contribution in [0.2, 0.25) is 0 Å². The first-order valence-electron chi connectivity index (χ1n) is 9.76. The van der Waals surface area contributed by atoms with Crippen molar-refractivity contribution in [1.82, 2.24) is 10.2 Å². The van der Waals surface area contributed by atoms with Gasteiger partial charge < -0.3 is 5.32 Å². The van der Waals surface area contributed by atoms with Gasteiger partial charge in [-0.3, -0.25) is 9.69 Å². The molecule has 0 radical (unpaired) electrons. The summed E-state index contributed by atoms with van der Waals surface area (Å²) < 4.78 is 1.11. The maximum Gasteiger partial charge on any atom is 0.223 e. The number of halogens is 1. The second-order valence-electron chi connectivity index (χ2n) is 7.75. The summed E-state index contributed by atoms with van der Waals surface area (Å²) in [5.41, 5.74) is 5.06. The summed E-state index contributed by atoms with van der Waals surface area (Å²) in [7, 11) is 0. The molecule has 1 aliphatic rings. The maximum atomic E-state index is 12.7. The first-order chi connectivity index (χ1) is 12.9. The highest BCUT2D eigenvalue weighted by atomic mass is 79.9. The minimum absolute atomic E-state index is 0.0533. The molecule has 0 bridgehead atoms. The molecule has 1 heterocycles. The van der Waals surface area contributed by atoms with Crippen molar-refractivity contribution >= 4 is 21.8 Å². The second-order valence-corrected chi connectivity index (χ2v) is 8.67. The SMILES string of the molecule is Cc1ccc([C@H](C)NC(=O)C2CCN(Cc3ccc(Br)cc3)CC2)cc1C. The molecule has 1 N–H and O–H groups in total. The lowest BCUT2D eigenvalue weighted by atomic mass is 9.94. The zero-order chi connectivity index (χ0) is 19.4. The van der Waals surface area contributed by atoms with E-state index in [0.29, 0.717) is 0 Å². The lowest BCUT2D eigenvalue weighted by molar-refractivity contribution is -0.127. The Balaban J connectivity index is 1.49. The zero-order valence-electron chi connectivity index (χ0n) is 16.5. The average Bonchev–Trinajstić information content (AvgIpc) is 2.66. The van der Waals surface area contributed by atoms with Crippen LogP contribution in [0.15, 0.2) is 46.9 Å². The lowest BCUT2D eigenvalue weighted by Crippen LogP contribution is -2.40. The van der Waals surface area contributed by atoms with Gasteiger partial charge in [-0.2, -0.15) is 0 Å².